The third kappa shape index (κ3) is 3.38. The van der Waals surface area contributed by atoms with Crippen molar-refractivity contribution in [2.45, 2.75) is 27.2 Å². The summed E-state index contributed by atoms with van der Waals surface area (Å²) in [7, 11) is 0. The Labute approximate surface area is 140 Å². The molecule has 3 aromatic heterocycles. The van der Waals surface area contributed by atoms with E-state index in [4.69, 9.17) is 9.84 Å². The number of ether oxygens (including phenoxy) is 1. The van der Waals surface area contributed by atoms with Crippen molar-refractivity contribution in [3.05, 3.63) is 34.8 Å². The van der Waals surface area contributed by atoms with Gasteiger partial charge in [-0.25, -0.2) is 4.98 Å². The minimum Gasteiger partial charge on any atom is -0.382 e. The molecule has 0 radical (unpaired) electrons. The van der Waals surface area contributed by atoms with Crippen LogP contribution in [0.15, 0.2) is 23.6 Å². The van der Waals surface area contributed by atoms with E-state index in [1.54, 1.807) is 11.3 Å². The van der Waals surface area contributed by atoms with E-state index < -0.39 is 0 Å². The molecule has 0 unspecified atom stereocenters. The number of aryl methyl sites for hydroxylation is 1. The van der Waals surface area contributed by atoms with E-state index in [0.717, 1.165) is 59.5 Å². The van der Waals surface area contributed by atoms with E-state index in [1.807, 2.05) is 30.5 Å². The number of hydrogen-bond acceptors (Lipinski definition) is 5. The highest BCUT2D eigenvalue weighted by molar-refractivity contribution is 7.13. The van der Waals surface area contributed by atoms with Gasteiger partial charge in [-0.3, -0.25) is 0 Å². The Balaban J connectivity index is 1.90. The molecule has 0 aliphatic heterocycles. The van der Waals surface area contributed by atoms with E-state index in [-0.39, 0.29) is 0 Å². The van der Waals surface area contributed by atoms with E-state index in [0.29, 0.717) is 0 Å². The summed E-state index contributed by atoms with van der Waals surface area (Å²) in [5.74, 6) is 1.02. The van der Waals surface area contributed by atoms with Crippen LogP contribution in [0.5, 0.6) is 0 Å². The summed E-state index contributed by atoms with van der Waals surface area (Å²) in [6.07, 6.45) is 0.967. The monoisotopic (exact) mass is 330 g/mol. The van der Waals surface area contributed by atoms with Crippen LogP contribution in [0.4, 0.5) is 5.82 Å². The summed E-state index contributed by atoms with van der Waals surface area (Å²) in [4.78, 5) is 5.82. The third-order valence-corrected chi connectivity index (χ3v) is 4.71. The molecular weight excluding hydrogens is 308 g/mol. The predicted molar refractivity (Wildman–Crippen MR) is 95.4 cm³/mol. The van der Waals surface area contributed by atoms with Crippen LogP contribution in [-0.2, 0) is 4.74 Å². The van der Waals surface area contributed by atoms with Gasteiger partial charge in [0.05, 0.1) is 4.88 Å². The molecule has 0 aliphatic carbocycles. The molecule has 0 bridgehead atoms. The molecule has 6 heteroatoms. The van der Waals surface area contributed by atoms with Gasteiger partial charge in [0.15, 0.2) is 5.65 Å². The number of aromatic nitrogens is 3. The van der Waals surface area contributed by atoms with Crippen molar-refractivity contribution in [3.63, 3.8) is 0 Å². The number of thiophene rings is 1. The molecule has 0 saturated heterocycles. The standard InChI is InChI=1S/C17H22N4OS/c1-4-22-9-6-8-18-17-12(2)13(3)19-16-11-14(20-21(16)17)15-7-5-10-23-15/h5,7,10-11,18H,4,6,8-9H2,1-3H3. The fourth-order valence-electron chi connectivity index (χ4n) is 2.48. The zero-order chi connectivity index (χ0) is 16.2. The molecule has 0 saturated carbocycles. The first kappa shape index (κ1) is 16.0. The first-order chi connectivity index (χ1) is 11.2. The average Bonchev–Trinajstić information content (AvgIpc) is 3.19. The normalized spacial score (nSPS) is 11.3. The van der Waals surface area contributed by atoms with Gasteiger partial charge >= 0.3 is 0 Å². The molecule has 23 heavy (non-hydrogen) atoms. The summed E-state index contributed by atoms with van der Waals surface area (Å²) in [6, 6.07) is 6.17. The zero-order valence-corrected chi connectivity index (χ0v) is 14.6. The quantitative estimate of drug-likeness (QED) is 0.667. The van der Waals surface area contributed by atoms with E-state index in [2.05, 4.69) is 28.7 Å². The van der Waals surface area contributed by atoms with E-state index >= 15 is 0 Å². The number of nitrogens with one attached hydrogen (secondary N) is 1. The Kier molecular flexibility index (Phi) is 4.93. The van der Waals surface area contributed by atoms with Gasteiger partial charge < -0.3 is 10.1 Å². The largest absolute Gasteiger partial charge is 0.382 e. The van der Waals surface area contributed by atoms with Gasteiger partial charge in [0.25, 0.3) is 0 Å². The maximum atomic E-state index is 5.39. The third-order valence-electron chi connectivity index (χ3n) is 3.82. The summed E-state index contributed by atoms with van der Waals surface area (Å²) in [5.41, 5.74) is 4.01. The molecule has 3 aromatic rings. The Morgan fingerprint density at radius 1 is 1.35 bits per heavy atom. The molecule has 0 aliphatic rings. The summed E-state index contributed by atoms with van der Waals surface area (Å²) >= 11 is 1.69. The lowest BCUT2D eigenvalue weighted by Gasteiger charge is -2.13. The maximum Gasteiger partial charge on any atom is 0.158 e. The molecular formula is C17H22N4OS. The van der Waals surface area contributed by atoms with Gasteiger partial charge in [0, 0.05) is 37.1 Å². The van der Waals surface area contributed by atoms with Crippen molar-refractivity contribution < 1.29 is 4.74 Å². The van der Waals surface area contributed by atoms with Crippen molar-refractivity contribution >= 4 is 22.8 Å². The first-order valence-corrected chi connectivity index (χ1v) is 8.81. The van der Waals surface area contributed by atoms with Crippen LogP contribution in [0, 0.1) is 13.8 Å². The smallest absolute Gasteiger partial charge is 0.158 e. The Morgan fingerprint density at radius 3 is 2.96 bits per heavy atom. The molecule has 0 atom stereocenters. The minimum atomic E-state index is 0.765. The van der Waals surface area contributed by atoms with Gasteiger partial charge in [-0.2, -0.15) is 9.61 Å². The van der Waals surface area contributed by atoms with Crippen LogP contribution >= 0.6 is 11.3 Å². The second kappa shape index (κ2) is 7.10. The van der Waals surface area contributed by atoms with Gasteiger partial charge in [-0.15, -0.1) is 11.3 Å². The first-order valence-electron chi connectivity index (χ1n) is 7.93. The maximum absolute atomic E-state index is 5.39. The lowest BCUT2D eigenvalue weighted by atomic mass is 10.2. The molecule has 0 spiro atoms. The number of anilines is 1. The van der Waals surface area contributed by atoms with Crippen molar-refractivity contribution in [3.8, 4) is 10.6 Å². The molecule has 1 N–H and O–H groups in total. The highest BCUT2D eigenvalue weighted by atomic mass is 32.1. The lowest BCUT2D eigenvalue weighted by Crippen LogP contribution is -2.12. The molecule has 0 fully saturated rings. The summed E-state index contributed by atoms with van der Waals surface area (Å²) < 4.78 is 7.31. The van der Waals surface area contributed by atoms with Crippen LogP contribution in [-0.4, -0.2) is 34.4 Å². The van der Waals surface area contributed by atoms with Gasteiger partial charge in [-0.05, 0) is 38.6 Å². The van der Waals surface area contributed by atoms with Crippen molar-refractivity contribution in [1.82, 2.24) is 14.6 Å². The Bertz CT molecular complexity index is 780. The van der Waals surface area contributed by atoms with Crippen LogP contribution in [0.3, 0.4) is 0 Å². The van der Waals surface area contributed by atoms with Crippen molar-refractivity contribution in [2.24, 2.45) is 0 Å². The summed E-state index contributed by atoms with van der Waals surface area (Å²) in [6.45, 7) is 8.53. The molecule has 5 nitrogen and oxygen atoms in total. The SMILES string of the molecule is CCOCCCNc1c(C)c(C)nc2cc(-c3cccs3)nn12. The highest BCUT2D eigenvalue weighted by Gasteiger charge is 2.13. The van der Waals surface area contributed by atoms with Crippen LogP contribution in [0.1, 0.15) is 24.6 Å². The van der Waals surface area contributed by atoms with Crippen LogP contribution in [0.25, 0.3) is 16.2 Å². The van der Waals surface area contributed by atoms with E-state index in [9.17, 15) is 0 Å². The Morgan fingerprint density at radius 2 is 2.22 bits per heavy atom. The van der Waals surface area contributed by atoms with Crippen molar-refractivity contribution in [2.75, 3.05) is 25.1 Å². The molecule has 122 valence electrons. The number of hydrogen-bond donors (Lipinski definition) is 1. The Hall–Kier alpha value is -1.92. The van der Waals surface area contributed by atoms with Crippen molar-refractivity contribution in [1.29, 1.82) is 0 Å². The molecule has 3 rings (SSSR count). The minimum absolute atomic E-state index is 0.765. The molecule has 0 amide bonds. The number of fused-ring (bicyclic) bond motifs is 1. The zero-order valence-electron chi connectivity index (χ0n) is 13.8. The number of nitrogens with zero attached hydrogens (tertiary/aromatic N) is 3. The van der Waals surface area contributed by atoms with E-state index in [1.165, 1.54) is 0 Å². The van der Waals surface area contributed by atoms with Crippen LogP contribution < -0.4 is 5.32 Å². The van der Waals surface area contributed by atoms with Crippen LogP contribution in [0.2, 0.25) is 0 Å². The summed E-state index contributed by atoms with van der Waals surface area (Å²) in [5, 5.41) is 10.3. The van der Waals surface area contributed by atoms with Gasteiger partial charge in [0.2, 0.25) is 0 Å². The highest BCUT2D eigenvalue weighted by Crippen LogP contribution is 2.27. The van der Waals surface area contributed by atoms with Gasteiger partial charge in [0.1, 0.15) is 11.5 Å². The molecule has 0 aromatic carbocycles. The lowest BCUT2D eigenvalue weighted by molar-refractivity contribution is 0.147. The number of rotatable bonds is 7. The fraction of sp³-hybridized carbons (Fsp3) is 0.412. The average molecular weight is 330 g/mol. The molecule has 3 heterocycles. The van der Waals surface area contributed by atoms with Gasteiger partial charge in [-0.1, -0.05) is 6.07 Å². The fourth-order valence-corrected chi connectivity index (χ4v) is 3.16. The topological polar surface area (TPSA) is 51.5 Å². The second-order valence-electron chi connectivity index (χ2n) is 5.42. The second-order valence-corrected chi connectivity index (χ2v) is 6.37. The predicted octanol–water partition coefficient (Wildman–Crippen LogP) is 3.91.